The molecule has 2 aromatic rings. The number of nitrogens with one attached hydrogen (secondary N) is 1. The summed E-state index contributed by atoms with van der Waals surface area (Å²) in [6.07, 6.45) is 6.71. The number of benzene rings is 1. The minimum Gasteiger partial charge on any atom is -0.493 e. The molecule has 0 aliphatic rings. The average molecular weight is 328 g/mol. The molecule has 0 saturated carbocycles. The zero-order valence-corrected chi connectivity index (χ0v) is 14.4. The topological polar surface area (TPSA) is 59.4 Å². The van der Waals surface area contributed by atoms with E-state index in [0.29, 0.717) is 12.3 Å². The summed E-state index contributed by atoms with van der Waals surface area (Å²) in [5.74, 6) is 0.564. The lowest BCUT2D eigenvalue weighted by Gasteiger charge is -2.08. The first kappa shape index (κ1) is 17.7. The molecule has 6 nitrogen and oxygen atoms in total. The Hall–Kier alpha value is -2.60. The number of para-hydroxylation sites is 1. The summed E-state index contributed by atoms with van der Waals surface area (Å²) < 4.78 is 7.35. The van der Waals surface area contributed by atoms with Crippen LogP contribution in [-0.2, 0) is 11.3 Å². The third kappa shape index (κ3) is 5.55. The fourth-order valence-corrected chi connectivity index (χ4v) is 2.11. The van der Waals surface area contributed by atoms with E-state index in [2.05, 4.69) is 15.3 Å². The van der Waals surface area contributed by atoms with Crippen LogP contribution >= 0.6 is 0 Å². The van der Waals surface area contributed by atoms with Crippen molar-refractivity contribution >= 4 is 17.7 Å². The summed E-state index contributed by atoms with van der Waals surface area (Å²) in [5.41, 5.74) is 1.55. The summed E-state index contributed by atoms with van der Waals surface area (Å²) in [5, 5.41) is 7.04. The van der Waals surface area contributed by atoms with Gasteiger partial charge in [0.25, 0.3) is 0 Å². The van der Waals surface area contributed by atoms with Gasteiger partial charge in [0.1, 0.15) is 5.75 Å². The third-order valence-corrected chi connectivity index (χ3v) is 3.31. The minimum atomic E-state index is -0.200. The van der Waals surface area contributed by atoms with E-state index in [1.807, 2.05) is 56.2 Å². The molecule has 2 rings (SSSR count). The number of amides is 1. The van der Waals surface area contributed by atoms with Gasteiger partial charge in [0.2, 0.25) is 5.91 Å². The van der Waals surface area contributed by atoms with Crippen molar-refractivity contribution < 1.29 is 9.53 Å². The Kier molecular flexibility index (Phi) is 6.57. The van der Waals surface area contributed by atoms with Gasteiger partial charge in [0, 0.05) is 24.4 Å². The minimum absolute atomic E-state index is 0.200. The quantitative estimate of drug-likeness (QED) is 0.757. The van der Waals surface area contributed by atoms with Gasteiger partial charge in [-0.05, 0) is 33.2 Å². The van der Waals surface area contributed by atoms with Crippen LogP contribution in [0.1, 0.15) is 12.5 Å². The highest BCUT2D eigenvalue weighted by Gasteiger charge is 2.03. The molecule has 6 heteroatoms. The third-order valence-electron chi connectivity index (χ3n) is 3.31. The van der Waals surface area contributed by atoms with Gasteiger partial charge in [-0.1, -0.05) is 18.2 Å². The maximum Gasteiger partial charge on any atom is 0.248 e. The van der Waals surface area contributed by atoms with E-state index in [-0.39, 0.29) is 5.91 Å². The molecule has 0 aliphatic carbocycles. The predicted octanol–water partition coefficient (Wildman–Crippen LogP) is 2.50. The van der Waals surface area contributed by atoms with Gasteiger partial charge in [-0.2, -0.15) is 5.10 Å². The number of hydrogen-bond acceptors (Lipinski definition) is 4. The maximum atomic E-state index is 12.0. The van der Waals surface area contributed by atoms with Crippen LogP contribution in [0.3, 0.4) is 0 Å². The number of hydrogen-bond donors (Lipinski definition) is 1. The Morgan fingerprint density at radius 1 is 1.38 bits per heavy atom. The van der Waals surface area contributed by atoms with E-state index in [1.165, 1.54) is 6.08 Å². The number of carbonyl (C=O) groups excluding carboxylic acids is 1. The van der Waals surface area contributed by atoms with Gasteiger partial charge >= 0.3 is 0 Å². The van der Waals surface area contributed by atoms with E-state index in [4.69, 9.17) is 4.74 Å². The van der Waals surface area contributed by atoms with Gasteiger partial charge in [-0.15, -0.1) is 0 Å². The zero-order valence-electron chi connectivity index (χ0n) is 14.4. The molecule has 128 valence electrons. The number of rotatable bonds is 8. The first-order chi connectivity index (χ1) is 11.6. The lowest BCUT2D eigenvalue weighted by Crippen LogP contribution is -2.18. The lowest BCUT2D eigenvalue weighted by atomic mass is 10.2. The molecule has 1 amide bonds. The summed E-state index contributed by atoms with van der Waals surface area (Å²) in [4.78, 5) is 14.1. The van der Waals surface area contributed by atoms with Crippen LogP contribution < -0.4 is 10.1 Å². The molecule has 0 atom stereocenters. The van der Waals surface area contributed by atoms with Crippen molar-refractivity contribution in [2.75, 3.05) is 32.6 Å². The second-order valence-corrected chi connectivity index (χ2v) is 5.59. The molecule has 0 unspecified atom stereocenters. The lowest BCUT2D eigenvalue weighted by molar-refractivity contribution is -0.111. The van der Waals surface area contributed by atoms with Gasteiger partial charge in [-0.3, -0.25) is 9.48 Å². The van der Waals surface area contributed by atoms with E-state index >= 15 is 0 Å². The number of anilines is 1. The fraction of sp³-hybridized carbons (Fsp3) is 0.333. The number of nitrogens with zero attached hydrogens (tertiary/aromatic N) is 3. The van der Waals surface area contributed by atoms with Crippen LogP contribution in [-0.4, -0.2) is 47.8 Å². The first-order valence-corrected chi connectivity index (χ1v) is 7.96. The average Bonchev–Trinajstić information content (AvgIpc) is 3.00. The monoisotopic (exact) mass is 328 g/mol. The number of carbonyl (C=O) groups is 1. The van der Waals surface area contributed by atoms with E-state index < -0.39 is 0 Å². The Labute approximate surface area is 142 Å². The SMILES string of the molecule is CCOc1ccccc1/C=C\C(=O)Nc1cnn(CCN(C)C)c1. The highest BCUT2D eigenvalue weighted by atomic mass is 16.5. The van der Waals surface area contributed by atoms with Crippen molar-refractivity contribution in [1.29, 1.82) is 0 Å². The van der Waals surface area contributed by atoms with Crippen LogP contribution in [0.15, 0.2) is 42.7 Å². The van der Waals surface area contributed by atoms with Gasteiger partial charge in [-0.25, -0.2) is 0 Å². The smallest absolute Gasteiger partial charge is 0.248 e. The number of likely N-dealkylation sites (N-methyl/N-ethyl adjacent to an activating group) is 1. The molecule has 0 fully saturated rings. The summed E-state index contributed by atoms with van der Waals surface area (Å²) >= 11 is 0. The first-order valence-electron chi connectivity index (χ1n) is 7.96. The molecule has 24 heavy (non-hydrogen) atoms. The highest BCUT2D eigenvalue weighted by Crippen LogP contribution is 2.19. The largest absolute Gasteiger partial charge is 0.493 e. The normalized spacial score (nSPS) is 11.2. The van der Waals surface area contributed by atoms with Crippen molar-refractivity contribution in [1.82, 2.24) is 14.7 Å². The number of ether oxygens (including phenoxy) is 1. The molecule has 0 radical (unpaired) electrons. The predicted molar refractivity (Wildman–Crippen MR) is 96.1 cm³/mol. The molecule has 1 N–H and O–H groups in total. The van der Waals surface area contributed by atoms with Crippen LogP contribution in [0.5, 0.6) is 5.75 Å². The summed E-state index contributed by atoms with van der Waals surface area (Å²) in [6.45, 7) is 4.19. The second-order valence-electron chi connectivity index (χ2n) is 5.59. The fourth-order valence-electron chi connectivity index (χ4n) is 2.11. The molecule has 1 aromatic carbocycles. The molecule has 0 saturated heterocycles. The standard InChI is InChI=1S/C18H24N4O2/c1-4-24-17-8-6-5-7-15(17)9-10-18(23)20-16-13-19-22(14-16)12-11-21(2)3/h5-10,13-14H,4,11-12H2,1-3H3,(H,20,23)/b10-9-. The van der Waals surface area contributed by atoms with E-state index in [9.17, 15) is 4.79 Å². The molecular weight excluding hydrogens is 304 g/mol. The van der Waals surface area contributed by atoms with Crippen molar-refractivity contribution in [3.8, 4) is 5.75 Å². The molecule has 0 aliphatic heterocycles. The van der Waals surface area contributed by atoms with Crippen LogP contribution in [0.2, 0.25) is 0 Å². The van der Waals surface area contributed by atoms with Crippen LogP contribution in [0.25, 0.3) is 6.08 Å². The van der Waals surface area contributed by atoms with Crippen molar-refractivity contribution in [3.05, 3.63) is 48.3 Å². The number of aromatic nitrogens is 2. The van der Waals surface area contributed by atoms with E-state index in [0.717, 1.165) is 24.4 Å². The Bertz CT molecular complexity index is 692. The Balaban J connectivity index is 1.93. The van der Waals surface area contributed by atoms with Crippen molar-refractivity contribution in [3.63, 3.8) is 0 Å². The second kappa shape index (κ2) is 8.88. The summed E-state index contributed by atoms with van der Waals surface area (Å²) in [6, 6.07) is 7.61. The molecule has 1 heterocycles. The Morgan fingerprint density at radius 2 is 2.17 bits per heavy atom. The molecule has 0 bridgehead atoms. The molecule has 0 spiro atoms. The van der Waals surface area contributed by atoms with E-state index in [1.54, 1.807) is 12.3 Å². The molecular formula is C18H24N4O2. The Morgan fingerprint density at radius 3 is 2.92 bits per heavy atom. The van der Waals surface area contributed by atoms with Gasteiger partial charge in [0.15, 0.2) is 0 Å². The highest BCUT2D eigenvalue weighted by molar-refractivity contribution is 6.01. The van der Waals surface area contributed by atoms with Crippen molar-refractivity contribution in [2.45, 2.75) is 13.5 Å². The molecule has 1 aromatic heterocycles. The zero-order chi connectivity index (χ0) is 17.4. The maximum absolute atomic E-state index is 12.0. The van der Waals surface area contributed by atoms with Gasteiger partial charge < -0.3 is 15.0 Å². The van der Waals surface area contributed by atoms with Crippen LogP contribution in [0, 0.1) is 0 Å². The van der Waals surface area contributed by atoms with Crippen LogP contribution in [0.4, 0.5) is 5.69 Å². The summed E-state index contributed by atoms with van der Waals surface area (Å²) in [7, 11) is 4.02. The van der Waals surface area contributed by atoms with Crippen molar-refractivity contribution in [2.24, 2.45) is 0 Å². The van der Waals surface area contributed by atoms with Gasteiger partial charge in [0.05, 0.1) is 25.0 Å².